The number of hydrogen-bond donors (Lipinski definition) is 4. The molecule has 4 heterocycles. The van der Waals surface area contributed by atoms with Gasteiger partial charge in [0.05, 0.1) is 44.4 Å². The minimum atomic E-state index is -0.704. The van der Waals surface area contributed by atoms with E-state index in [1.165, 1.54) is 14.2 Å². The Morgan fingerprint density at radius 3 is 2.12 bits per heavy atom. The lowest BCUT2D eigenvalue weighted by Gasteiger charge is -2.31. The highest BCUT2D eigenvalue weighted by molar-refractivity contribution is 5.89. The van der Waals surface area contributed by atoms with Crippen LogP contribution >= 0.6 is 0 Å². The van der Waals surface area contributed by atoms with Crippen molar-refractivity contribution in [1.29, 1.82) is 0 Å². The first-order chi connectivity index (χ1) is 26.8. The smallest absolute Gasteiger partial charge is 0.407 e. The number of H-pyrrole nitrogens is 2. The zero-order chi connectivity index (χ0) is 39.8. The van der Waals surface area contributed by atoms with E-state index in [0.29, 0.717) is 29.8 Å². The average Bonchev–Trinajstić information content (AvgIpc) is 3.66. The summed E-state index contributed by atoms with van der Waals surface area (Å²) >= 11 is 0. The molecular weight excluding hydrogens is 713 g/mol. The Labute approximate surface area is 326 Å². The van der Waals surface area contributed by atoms with Gasteiger partial charge in [0.15, 0.2) is 0 Å². The van der Waals surface area contributed by atoms with Crippen molar-refractivity contribution in [3.8, 4) is 23.1 Å². The number of carbonyl (C=O) groups excluding carboxylic acids is 4. The monoisotopic (exact) mass is 762 g/mol. The SMILES string of the molecule is COC(=O)N[C@H](C(=O)N1C[C@@H](C)C[C@H]1c1ncc(-c2ccc3cc(C#Cc4cnc([C@@H]5C[C@H]6C[C@H]6N5C(=O)[C@@H](NC(=O)OC)C(C)C)[nH]4)ccc3c2)[nH]1)C(C)C. The molecule has 56 heavy (non-hydrogen) atoms. The predicted molar refractivity (Wildman–Crippen MR) is 209 cm³/mol. The summed E-state index contributed by atoms with van der Waals surface area (Å²) in [5.74, 6) is 8.08. The zero-order valence-corrected chi connectivity index (χ0v) is 32.9. The molecule has 2 saturated heterocycles. The number of aromatic nitrogens is 4. The van der Waals surface area contributed by atoms with Gasteiger partial charge < -0.3 is 39.9 Å². The van der Waals surface area contributed by atoms with Crippen molar-refractivity contribution in [2.45, 2.75) is 84.1 Å². The van der Waals surface area contributed by atoms with Crippen LogP contribution in [0.4, 0.5) is 9.59 Å². The van der Waals surface area contributed by atoms with Gasteiger partial charge in [0.1, 0.15) is 29.4 Å². The Morgan fingerprint density at radius 2 is 1.43 bits per heavy atom. The minimum Gasteiger partial charge on any atom is -0.453 e. The van der Waals surface area contributed by atoms with Gasteiger partial charge in [-0.05, 0) is 77.8 Å². The molecule has 0 radical (unpaired) electrons. The lowest BCUT2D eigenvalue weighted by molar-refractivity contribution is -0.137. The lowest BCUT2D eigenvalue weighted by atomic mass is 10.0. The number of aromatic amines is 2. The summed E-state index contributed by atoms with van der Waals surface area (Å²) in [5, 5.41) is 7.50. The third-order valence-corrected chi connectivity index (χ3v) is 11.3. The van der Waals surface area contributed by atoms with Crippen LogP contribution in [0.3, 0.4) is 0 Å². The fraction of sp³-hybridized carbons (Fsp3) is 0.476. The number of piperidine rings is 1. The quantitative estimate of drug-likeness (QED) is 0.158. The van der Waals surface area contributed by atoms with E-state index in [9.17, 15) is 19.2 Å². The van der Waals surface area contributed by atoms with Crippen LogP contribution in [0.1, 0.15) is 88.9 Å². The van der Waals surface area contributed by atoms with E-state index in [2.05, 4.69) is 56.5 Å². The molecule has 1 aliphatic carbocycles. The molecule has 4 amide bonds. The van der Waals surface area contributed by atoms with Crippen molar-refractivity contribution in [3.63, 3.8) is 0 Å². The number of likely N-dealkylation sites (tertiary alicyclic amines) is 2. The van der Waals surface area contributed by atoms with Crippen LogP contribution in [-0.4, -0.2) is 92.6 Å². The number of carbonyl (C=O) groups is 4. The molecule has 3 fully saturated rings. The molecule has 7 atom stereocenters. The van der Waals surface area contributed by atoms with Crippen molar-refractivity contribution in [1.82, 2.24) is 40.4 Å². The number of benzene rings is 2. The standard InChI is InChI=1S/C42H50N8O6/c1-22(2)35(47-41(53)55-6)39(51)49-21-24(5)14-33(49)37-44-20-31(46-37)28-12-11-26-15-25(8-10-27(26)16-28)9-13-30-19-43-38(45-30)34-18-29-17-32(29)50(34)40(52)36(23(3)4)48-42(54)56-7/h8,10-12,15-16,19-20,22-24,29,32-36H,14,17-18,21H2,1-7H3,(H,43,45)(H,44,46)(H,47,53)(H,48,54)/t24-,29+,32+,33-,34-,35-,36-/m0/s1. The highest BCUT2D eigenvalue weighted by Gasteiger charge is 2.56. The van der Waals surface area contributed by atoms with Gasteiger partial charge in [-0.25, -0.2) is 19.6 Å². The number of fused-ring (bicyclic) bond motifs is 2. The predicted octanol–water partition coefficient (Wildman–Crippen LogP) is 5.69. The second-order valence-electron chi connectivity index (χ2n) is 16.0. The summed E-state index contributed by atoms with van der Waals surface area (Å²) in [6.45, 7) is 10.3. The van der Waals surface area contributed by atoms with Gasteiger partial charge in [-0.2, -0.15) is 0 Å². The second kappa shape index (κ2) is 15.7. The Kier molecular flexibility index (Phi) is 10.8. The van der Waals surface area contributed by atoms with Crippen LogP contribution in [0.5, 0.6) is 0 Å². The fourth-order valence-corrected chi connectivity index (χ4v) is 8.16. The number of methoxy groups -OCH3 is 2. The highest BCUT2D eigenvalue weighted by Crippen LogP contribution is 2.53. The summed E-state index contributed by atoms with van der Waals surface area (Å²) in [6, 6.07) is 10.6. The number of nitrogens with one attached hydrogen (secondary N) is 4. The van der Waals surface area contributed by atoms with Gasteiger partial charge in [-0.1, -0.05) is 58.7 Å². The number of amides is 4. The van der Waals surface area contributed by atoms with Crippen molar-refractivity contribution in [2.75, 3.05) is 20.8 Å². The molecule has 14 heteroatoms. The Morgan fingerprint density at radius 1 is 0.786 bits per heavy atom. The number of ether oxygens (including phenoxy) is 2. The van der Waals surface area contributed by atoms with Crippen molar-refractivity contribution in [3.05, 3.63) is 71.7 Å². The van der Waals surface area contributed by atoms with Gasteiger partial charge in [-0.3, -0.25) is 9.59 Å². The van der Waals surface area contributed by atoms with Gasteiger partial charge in [0.25, 0.3) is 0 Å². The minimum absolute atomic E-state index is 0.108. The maximum absolute atomic E-state index is 13.7. The average molecular weight is 763 g/mol. The van der Waals surface area contributed by atoms with E-state index < -0.39 is 24.3 Å². The number of imidazole rings is 2. The summed E-state index contributed by atoms with van der Waals surface area (Å²) in [7, 11) is 2.58. The fourth-order valence-electron chi connectivity index (χ4n) is 8.16. The first-order valence-electron chi connectivity index (χ1n) is 19.3. The van der Waals surface area contributed by atoms with E-state index >= 15 is 0 Å². The first kappa shape index (κ1) is 38.4. The summed E-state index contributed by atoms with van der Waals surface area (Å²) in [4.78, 5) is 71.3. The van der Waals surface area contributed by atoms with E-state index in [1.807, 2.05) is 61.8 Å². The van der Waals surface area contributed by atoms with Crippen LogP contribution in [0, 0.1) is 35.5 Å². The van der Waals surface area contributed by atoms with E-state index in [0.717, 1.165) is 46.9 Å². The highest BCUT2D eigenvalue weighted by atomic mass is 16.5. The number of rotatable bonds is 9. The molecule has 294 valence electrons. The molecule has 0 spiro atoms. The van der Waals surface area contributed by atoms with E-state index in [-0.39, 0.29) is 47.7 Å². The summed E-state index contributed by atoms with van der Waals surface area (Å²) < 4.78 is 9.55. The van der Waals surface area contributed by atoms with Crippen LogP contribution < -0.4 is 10.6 Å². The van der Waals surface area contributed by atoms with Crippen molar-refractivity contribution >= 4 is 34.8 Å². The molecule has 4 N–H and O–H groups in total. The molecular formula is C42H50N8O6. The van der Waals surface area contributed by atoms with Crippen LogP contribution in [-0.2, 0) is 19.1 Å². The second-order valence-corrected chi connectivity index (χ2v) is 16.0. The van der Waals surface area contributed by atoms with Gasteiger partial charge in [0, 0.05) is 23.7 Å². The number of nitrogens with zero attached hydrogens (tertiary/aromatic N) is 4. The largest absolute Gasteiger partial charge is 0.453 e. The van der Waals surface area contributed by atoms with Gasteiger partial charge >= 0.3 is 12.2 Å². The number of alkyl carbamates (subject to hydrolysis) is 2. The van der Waals surface area contributed by atoms with Crippen molar-refractivity contribution in [2.24, 2.45) is 23.7 Å². The molecule has 3 aliphatic rings. The molecule has 2 aromatic heterocycles. The molecule has 1 saturated carbocycles. The van der Waals surface area contributed by atoms with Crippen LogP contribution in [0.25, 0.3) is 22.0 Å². The Bertz CT molecular complexity index is 2200. The molecule has 0 bridgehead atoms. The third kappa shape index (κ3) is 7.80. The molecule has 4 aromatic rings. The zero-order valence-electron chi connectivity index (χ0n) is 32.9. The van der Waals surface area contributed by atoms with Crippen LogP contribution in [0.15, 0.2) is 48.8 Å². The van der Waals surface area contributed by atoms with E-state index in [4.69, 9.17) is 14.5 Å². The molecule has 2 aliphatic heterocycles. The molecule has 7 rings (SSSR count). The maximum Gasteiger partial charge on any atom is 0.407 e. The normalized spacial score (nSPS) is 22.3. The summed E-state index contributed by atoms with van der Waals surface area (Å²) in [6.07, 6.45) is 4.80. The Balaban J connectivity index is 1.04. The third-order valence-electron chi connectivity index (χ3n) is 11.3. The topological polar surface area (TPSA) is 175 Å². The lowest BCUT2D eigenvalue weighted by Crippen LogP contribution is -2.52. The molecule has 0 unspecified atom stereocenters. The first-order valence-corrected chi connectivity index (χ1v) is 19.3. The maximum atomic E-state index is 13.7. The van der Waals surface area contributed by atoms with Gasteiger partial charge in [-0.15, -0.1) is 0 Å². The number of hydrogen-bond acceptors (Lipinski definition) is 8. The molecule has 14 nitrogen and oxygen atoms in total. The van der Waals surface area contributed by atoms with Crippen LogP contribution in [0.2, 0.25) is 0 Å². The Hall–Kier alpha value is -5.84. The van der Waals surface area contributed by atoms with E-state index in [1.54, 1.807) is 12.4 Å². The molecule has 2 aromatic carbocycles. The van der Waals surface area contributed by atoms with Gasteiger partial charge in [0.2, 0.25) is 11.8 Å². The van der Waals surface area contributed by atoms with Crippen molar-refractivity contribution < 1.29 is 28.7 Å². The summed E-state index contributed by atoms with van der Waals surface area (Å²) in [5.41, 5.74) is 3.32.